The highest BCUT2D eigenvalue weighted by Crippen LogP contribution is 2.33. The predicted molar refractivity (Wildman–Crippen MR) is 100 cm³/mol. The Morgan fingerprint density at radius 2 is 1.96 bits per heavy atom. The standard InChI is InChI=1S/C19H16N6O3/c1-11-15-9-13(28-12-5-3-2-4-6-12)7-8-14(15)18(26)17(21-11)19(27)20-10-16-22-24-25-23-16/h2-9,26H,10H2,1H3,(H,20,27)(H,22,23,24,25). The van der Waals surface area contributed by atoms with E-state index in [0.29, 0.717) is 33.8 Å². The van der Waals surface area contributed by atoms with Crippen LogP contribution in [0.5, 0.6) is 17.2 Å². The first-order valence-electron chi connectivity index (χ1n) is 8.48. The summed E-state index contributed by atoms with van der Waals surface area (Å²) < 4.78 is 5.83. The second-order valence-electron chi connectivity index (χ2n) is 6.03. The normalized spacial score (nSPS) is 10.8. The fraction of sp³-hybridized carbons (Fsp3) is 0.105. The topological polar surface area (TPSA) is 126 Å². The Hall–Kier alpha value is -4.01. The molecule has 4 rings (SSSR count). The van der Waals surface area contributed by atoms with Gasteiger partial charge >= 0.3 is 0 Å². The maximum absolute atomic E-state index is 12.4. The van der Waals surface area contributed by atoms with E-state index in [9.17, 15) is 9.90 Å². The third kappa shape index (κ3) is 3.45. The number of ether oxygens (including phenoxy) is 1. The van der Waals surface area contributed by atoms with Crippen molar-refractivity contribution in [1.82, 2.24) is 30.9 Å². The molecule has 4 aromatic rings. The van der Waals surface area contributed by atoms with Gasteiger partial charge in [-0.25, -0.2) is 4.98 Å². The summed E-state index contributed by atoms with van der Waals surface area (Å²) in [7, 11) is 0. The summed E-state index contributed by atoms with van der Waals surface area (Å²) in [5, 5.41) is 27.6. The first-order valence-corrected chi connectivity index (χ1v) is 8.48. The number of benzene rings is 2. The molecule has 28 heavy (non-hydrogen) atoms. The van der Waals surface area contributed by atoms with Crippen molar-refractivity contribution in [3.63, 3.8) is 0 Å². The van der Waals surface area contributed by atoms with Crippen molar-refractivity contribution >= 4 is 16.7 Å². The van der Waals surface area contributed by atoms with E-state index in [1.54, 1.807) is 25.1 Å². The van der Waals surface area contributed by atoms with Crippen LogP contribution in [0.3, 0.4) is 0 Å². The number of aromatic nitrogens is 5. The average Bonchev–Trinajstić information content (AvgIpc) is 3.23. The number of para-hydroxylation sites is 1. The summed E-state index contributed by atoms with van der Waals surface area (Å²) in [6, 6.07) is 14.6. The molecule has 2 aromatic heterocycles. The van der Waals surface area contributed by atoms with E-state index in [0.717, 1.165) is 0 Å². The Labute approximate surface area is 159 Å². The van der Waals surface area contributed by atoms with Crippen LogP contribution in [0.25, 0.3) is 10.8 Å². The summed E-state index contributed by atoms with van der Waals surface area (Å²) in [5.41, 5.74) is 0.529. The van der Waals surface area contributed by atoms with Gasteiger partial charge in [-0.2, -0.15) is 5.21 Å². The third-order valence-electron chi connectivity index (χ3n) is 4.13. The second-order valence-corrected chi connectivity index (χ2v) is 6.03. The smallest absolute Gasteiger partial charge is 0.274 e. The number of carbonyl (C=O) groups is 1. The number of carbonyl (C=O) groups excluding carboxylic acids is 1. The van der Waals surface area contributed by atoms with Gasteiger partial charge in [0.1, 0.15) is 11.5 Å². The Kier molecular flexibility index (Phi) is 4.55. The van der Waals surface area contributed by atoms with Crippen molar-refractivity contribution in [2.24, 2.45) is 0 Å². The van der Waals surface area contributed by atoms with Gasteiger partial charge in [0.2, 0.25) is 0 Å². The summed E-state index contributed by atoms with van der Waals surface area (Å²) in [6.45, 7) is 1.83. The molecule has 0 saturated heterocycles. The van der Waals surface area contributed by atoms with Crippen molar-refractivity contribution in [1.29, 1.82) is 0 Å². The monoisotopic (exact) mass is 376 g/mol. The van der Waals surface area contributed by atoms with Crippen LogP contribution in [0, 0.1) is 6.92 Å². The molecular weight excluding hydrogens is 360 g/mol. The van der Waals surface area contributed by atoms with Crippen molar-refractivity contribution in [3.05, 3.63) is 65.7 Å². The highest BCUT2D eigenvalue weighted by molar-refractivity contribution is 6.02. The number of tetrazole rings is 1. The largest absolute Gasteiger partial charge is 0.505 e. The van der Waals surface area contributed by atoms with Crippen molar-refractivity contribution in [2.45, 2.75) is 13.5 Å². The number of aromatic hydroxyl groups is 1. The fourth-order valence-electron chi connectivity index (χ4n) is 2.78. The van der Waals surface area contributed by atoms with E-state index in [1.165, 1.54) is 0 Å². The lowest BCUT2D eigenvalue weighted by atomic mass is 10.1. The van der Waals surface area contributed by atoms with Crippen LogP contribution < -0.4 is 10.1 Å². The molecule has 0 aliphatic rings. The van der Waals surface area contributed by atoms with E-state index in [-0.39, 0.29) is 18.0 Å². The van der Waals surface area contributed by atoms with Gasteiger partial charge in [-0.3, -0.25) is 4.79 Å². The van der Waals surface area contributed by atoms with Gasteiger partial charge < -0.3 is 15.2 Å². The molecule has 0 fully saturated rings. The van der Waals surface area contributed by atoms with Crippen LogP contribution in [0.2, 0.25) is 0 Å². The predicted octanol–water partition coefficient (Wildman–Crippen LogP) is 2.48. The van der Waals surface area contributed by atoms with Crippen LogP contribution in [0.15, 0.2) is 48.5 Å². The van der Waals surface area contributed by atoms with Crippen LogP contribution in [0.4, 0.5) is 0 Å². The zero-order chi connectivity index (χ0) is 19.5. The molecule has 0 bridgehead atoms. The molecule has 2 aromatic carbocycles. The zero-order valence-electron chi connectivity index (χ0n) is 14.9. The highest BCUT2D eigenvalue weighted by Gasteiger charge is 2.18. The van der Waals surface area contributed by atoms with Gasteiger partial charge in [0.25, 0.3) is 5.91 Å². The lowest BCUT2D eigenvalue weighted by Crippen LogP contribution is -2.24. The number of hydrogen-bond donors (Lipinski definition) is 3. The summed E-state index contributed by atoms with van der Waals surface area (Å²) in [6.07, 6.45) is 0. The van der Waals surface area contributed by atoms with Gasteiger partial charge in [-0.05, 0) is 37.3 Å². The number of hydrogen-bond acceptors (Lipinski definition) is 7. The minimum Gasteiger partial charge on any atom is -0.505 e. The third-order valence-corrected chi connectivity index (χ3v) is 4.13. The Balaban J connectivity index is 1.62. The van der Waals surface area contributed by atoms with E-state index in [2.05, 4.69) is 30.9 Å². The number of nitrogens with one attached hydrogen (secondary N) is 2. The van der Waals surface area contributed by atoms with E-state index in [4.69, 9.17) is 4.74 Å². The summed E-state index contributed by atoms with van der Waals surface area (Å²) in [4.78, 5) is 16.7. The number of nitrogens with zero attached hydrogens (tertiary/aromatic N) is 4. The van der Waals surface area contributed by atoms with Gasteiger partial charge in [0.15, 0.2) is 17.3 Å². The SMILES string of the molecule is Cc1nc(C(=O)NCc2nn[nH]n2)c(O)c2ccc(Oc3ccccc3)cc12. The van der Waals surface area contributed by atoms with E-state index < -0.39 is 5.91 Å². The molecule has 0 atom stereocenters. The lowest BCUT2D eigenvalue weighted by molar-refractivity contribution is 0.0942. The molecule has 0 unspecified atom stereocenters. The van der Waals surface area contributed by atoms with Crippen LogP contribution in [-0.4, -0.2) is 36.6 Å². The Bertz CT molecular complexity index is 1130. The molecule has 0 saturated carbocycles. The average molecular weight is 376 g/mol. The minimum atomic E-state index is -0.531. The van der Waals surface area contributed by atoms with Gasteiger partial charge in [0, 0.05) is 16.5 Å². The molecule has 0 spiro atoms. The molecule has 0 aliphatic carbocycles. The van der Waals surface area contributed by atoms with Crippen LogP contribution in [0.1, 0.15) is 22.0 Å². The number of fused-ring (bicyclic) bond motifs is 1. The molecule has 0 aliphatic heterocycles. The summed E-state index contributed by atoms with van der Waals surface area (Å²) in [5.74, 6) is 0.911. The van der Waals surface area contributed by atoms with Crippen molar-refractivity contribution in [2.75, 3.05) is 0 Å². The molecule has 140 valence electrons. The first kappa shape index (κ1) is 17.4. The molecule has 1 amide bonds. The zero-order valence-corrected chi connectivity index (χ0v) is 14.9. The first-order chi connectivity index (χ1) is 13.6. The Morgan fingerprint density at radius 3 is 2.71 bits per heavy atom. The fourth-order valence-corrected chi connectivity index (χ4v) is 2.78. The number of amides is 1. The quantitative estimate of drug-likeness (QED) is 0.488. The maximum Gasteiger partial charge on any atom is 0.274 e. The summed E-state index contributed by atoms with van der Waals surface area (Å²) >= 11 is 0. The van der Waals surface area contributed by atoms with Gasteiger partial charge in [0.05, 0.1) is 6.54 Å². The minimum absolute atomic E-state index is 0.0646. The Morgan fingerprint density at radius 1 is 1.14 bits per heavy atom. The number of pyridine rings is 1. The molecule has 0 radical (unpaired) electrons. The van der Waals surface area contributed by atoms with Gasteiger partial charge in [-0.1, -0.05) is 23.4 Å². The number of H-pyrrole nitrogens is 1. The highest BCUT2D eigenvalue weighted by atomic mass is 16.5. The van der Waals surface area contributed by atoms with Crippen LogP contribution >= 0.6 is 0 Å². The molecule has 2 heterocycles. The molecular formula is C19H16N6O3. The van der Waals surface area contributed by atoms with Gasteiger partial charge in [-0.15, -0.1) is 10.2 Å². The maximum atomic E-state index is 12.4. The van der Waals surface area contributed by atoms with Crippen molar-refractivity contribution in [3.8, 4) is 17.2 Å². The van der Waals surface area contributed by atoms with E-state index >= 15 is 0 Å². The molecule has 9 nitrogen and oxygen atoms in total. The molecule has 9 heteroatoms. The molecule has 3 N–H and O–H groups in total. The number of aryl methyl sites for hydroxylation is 1. The van der Waals surface area contributed by atoms with E-state index in [1.807, 2.05) is 30.3 Å². The van der Waals surface area contributed by atoms with Crippen LogP contribution in [-0.2, 0) is 6.54 Å². The van der Waals surface area contributed by atoms with Crippen molar-refractivity contribution < 1.29 is 14.6 Å². The lowest BCUT2D eigenvalue weighted by Gasteiger charge is -2.12. The number of aromatic amines is 1. The number of rotatable bonds is 5. The second kappa shape index (κ2) is 7.31.